The van der Waals surface area contributed by atoms with Crippen LogP contribution < -0.4 is 4.31 Å². The number of rotatable bonds is 5. The number of piperidine rings is 1. The zero-order chi connectivity index (χ0) is 17.7. The maximum absolute atomic E-state index is 12.3. The van der Waals surface area contributed by atoms with E-state index in [0.717, 1.165) is 32.2 Å². The summed E-state index contributed by atoms with van der Waals surface area (Å²) in [7, 11) is -3.49. The second-order valence-corrected chi connectivity index (χ2v) is 8.21. The zero-order valence-corrected chi connectivity index (χ0v) is 14.9. The molecule has 0 aliphatic carbocycles. The second kappa shape index (κ2) is 7.67. The van der Waals surface area contributed by atoms with Crippen molar-refractivity contribution < 1.29 is 13.2 Å². The van der Waals surface area contributed by atoms with E-state index in [1.807, 2.05) is 11.0 Å². The molecule has 0 saturated carbocycles. The summed E-state index contributed by atoms with van der Waals surface area (Å²) in [6, 6.07) is 8.32. The number of carbonyl (C=O) groups excluding carboxylic acids is 1. The van der Waals surface area contributed by atoms with Crippen molar-refractivity contribution in [1.82, 2.24) is 4.90 Å². The van der Waals surface area contributed by atoms with Gasteiger partial charge in [0.1, 0.15) is 0 Å². The molecule has 0 N–H and O–H groups in total. The third-order valence-electron chi connectivity index (χ3n) is 4.35. The fourth-order valence-electron chi connectivity index (χ4n) is 2.80. The van der Waals surface area contributed by atoms with E-state index in [-0.39, 0.29) is 18.9 Å². The minimum absolute atomic E-state index is 0.0100. The summed E-state index contributed by atoms with van der Waals surface area (Å²) in [5, 5.41) is 8.83. The Labute approximate surface area is 143 Å². The maximum Gasteiger partial charge on any atom is 0.232 e. The van der Waals surface area contributed by atoms with Crippen LogP contribution in [-0.2, 0) is 14.8 Å². The highest BCUT2D eigenvalue weighted by Crippen LogP contribution is 2.20. The van der Waals surface area contributed by atoms with E-state index in [1.165, 1.54) is 4.31 Å². The summed E-state index contributed by atoms with van der Waals surface area (Å²) in [4.78, 5) is 14.1. The predicted octanol–water partition coefficient (Wildman–Crippen LogP) is 1.97. The molecule has 1 amide bonds. The van der Waals surface area contributed by atoms with E-state index in [1.54, 1.807) is 24.3 Å². The van der Waals surface area contributed by atoms with Gasteiger partial charge in [0, 0.05) is 26.1 Å². The summed E-state index contributed by atoms with van der Waals surface area (Å²) >= 11 is 0. The lowest BCUT2D eigenvalue weighted by molar-refractivity contribution is -0.132. The molecule has 1 fully saturated rings. The molecular formula is C17H23N3O3S. The van der Waals surface area contributed by atoms with Crippen molar-refractivity contribution in [1.29, 1.82) is 5.26 Å². The van der Waals surface area contributed by atoms with Gasteiger partial charge < -0.3 is 4.90 Å². The molecule has 24 heavy (non-hydrogen) atoms. The van der Waals surface area contributed by atoms with Gasteiger partial charge in [-0.1, -0.05) is 6.92 Å². The lowest BCUT2D eigenvalue weighted by Gasteiger charge is -2.31. The number of nitriles is 1. The Kier molecular flexibility index (Phi) is 5.84. The van der Waals surface area contributed by atoms with Crippen molar-refractivity contribution in [2.45, 2.75) is 26.2 Å². The van der Waals surface area contributed by atoms with Crippen LogP contribution in [0.5, 0.6) is 0 Å². The molecule has 0 radical (unpaired) electrons. The van der Waals surface area contributed by atoms with Crippen molar-refractivity contribution in [2.24, 2.45) is 5.92 Å². The first-order chi connectivity index (χ1) is 11.3. The summed E-state index contributed by atoms with van der Waals surface area (Å²) in [6.45, 7) is 3.78. The maximum atomic E-state index is 12.3. The lowest BCUT2D eigenvalue weighted by atomic mass is 9.99. The van der Waals surface area contributed by atoms with Crippen LogP contribution in [0.3, 0.4) is 0 Å². The summed E-state index contributed by atoms with van der Waals surface area (Å²) < 4.78 is 25.3. The molecule has 6 nitrogen and oxygen atoms in total. The van der Waals surface area contributed by atoms with Gasteiger partial charge in [-0.3, -0.25) is 9.10 Å². The molecule has 7 heteroatoms. The topological polar surface area (TPSA) is 81.5 Å². The fraction of sp³-hybridized carbons (Fsp3) is 0.529. The fourth-order valence-corrected chi connectivity index (χ4v) is 3.73. The van der Waals surface area contributed by atoms with Crippen molar-refractivity contribution in [3.8, 4) is 6.07 Å². The number of anilines is 1. The third kappa shape index (κ3) is 4.71. The Hall–Kier alpha value is -2.07. The average Bonchev–Trinajstić information content (AvgIpc) is 2.55. The minimum Gasteiger partial charge on any atom is -0.343 e. The average molecular weight is 349 g/mol. The van der Waals surface area contributed by atoms with E-state index in [4.69, 9.17) is 5.26 Å². The standard InChI is InChI=1S/C17H23N3O3S/c1-14-7-10-19(11-8-14)17(21)9-12-20(24(2,22)23)16-5-3-15(13-18)4-6-16/h3-6,14H,7-12H2,1-2H3. The highest BCUT2D eigenvalue weighted by Gasteiger charge is 2.23. The molecule has 1 aromatic rings. The molecule has 0 unspecified atom stereocenters. The van der Waals surface area contributed by atoms with E-state index >= 15 is 0 Å². The number of benzene rings is 1. The molecule has 0 atom stereocenters. The van der Waals surface area contributed by atoms with Gasteiger partial charge in [0.2, 0.25) is 15.9 Å². The first-order valence-electron chi connectivity index (χ1n) is 8.07. The number of hydrogen-bond acceptors (Lipinski definition) is 4. The van der Waals surface area contributed by atoms with Crippen LogP contribution >= 0.6 is 0 Å². The Morgan fingerprint density at radius 1 is 1.29 bits per heavy atom. The van der Waals surface area contributed by atoms with Crippen molar-refractivity contribution in [3.63, 3.8) is 0 Å². The van der Waals surface area contributed by atoms with Crippen LogP contribution in [0.1, 0.15) is 31.7 Å². The molecule has 0 spiro atoms. The van der Waals surface area contributed by atoms with Crippen LogP contribution in [0.15, 0.2) is 24.3 Å². The van der Waals surface area contributed by atoms with Gasteiger partial charge in [0.15, 0.2) is 0 Å². The number of nitrogens with zero attached hydrogens (tertiary/aromatic N) is 3. The second-order valence-electron chi connectivity index (χ2n) is 6.31. The number of sulfonamides is 1. The van der Waals surface area contributed by atoms with Crippen LogP contribution in [0, 0.1) is 17.2 Å². The molecule has 1 saturated heterocycles. The van der Waals surface area contributed by atoms with Gasteiger partial charge in [0.25, 0.3) is 0 Å². The van der Waals surface area contributed by atoms with E-state index in [9.17, 15) is 13.2 Å². The van der Waals surface area contributed by atoms with E-state index < -0.39 is 10.0 Å². The molecule has 1 heterocycles. The van der Waals surface area contributed by atoms with Gasteiger partial charge in [-0.15, -0.1) is 0 Å². The highest BCUT2D eigenvalue weighted by atomic mass is 32.2. The highest BCUT2D eigenvalue weighted by molar-refractivity contribution is 7.92. The van der Waals surface area contributed by atoms with Gasteiger partial charge in [-0.2, -0.15) is 5.26 Å². The summed E-state index contributed by atoms with van der Waals surface area (Å²) in [6.07, 6.45) is 3.27. The zero-order valence-electron chi connectivity index (χ0n) is 14.1. The van der Waals surface area contributed by atoms with Crippen molar-refractivity contribution in [2.75, 3.05) is 30.2 Å². The van der Waals surface area contributed by atoms with Crippen molar-refractivity contribution in [3.05, 3.63) is 29.8 Å². The summed E-state index contributed by atoms with van der Waals surface area (Å²) in [5.41, 5.74) is 0.933. The quantitative estimate of drug-likeness (QED) is 0.814. The number of amides is 1. The Bertz CT molecular complexity index is 714. The van der Waals surface area contributed by atoms with Crippen LogP contribution in [0.4, 0.5) is 5.69 Å². The van der Waals surface area contributed by atoms with Gasteiger partial charge >= 0.3 is 0 Å². The Morgan fingerprint density at radius 3 is 2.38 bits per heavy atom. The lowest BCUT2D eigenvalue weighted by Crippen LogP contribution is -2.40. The monoisotopic (exact) mass is 349 g/mol. The number of likely N-dealkylation sites (tertiary alicyclic amines) is 1. The van der Waals surface area contributed by atoms with Crippen LogP contribution in [-0.4, -0.2) is 45.1 Å². The molecule has 1 aromatic carbocycles. The number of hydrogen-bond donors (Lipinski definition) is 0. The summed E-state index contributed by atoms with van der Waals surface area (Å²) in [5.74, 6) is 0.629. The number of carbonyl (C=O) groups is 1. The first-order valence-corrected chi connectivity index (χ1v) is 9.91. The largest absolute Gasteiger partial charge is 0.343 e. The van der Waals surface area contributed by atoms with Gasteiger partial charge in [-0.25, -0.2) is 8.42 Å². The van der Waals surface area contributed by atoms with E-state index in [0.29, 0.717) is 17.2 Å². The third-order valence-corrected chi connectivity index (χ3v) is 5.54. The Morgan fingerprint density at radius 2 is 1.88 bits per heavy atom. The molecular weight excluding hydrogens is 326 g/mol. The molecule has 1 aliphatic heterocycles. The van der Waals surface area contributed by atoms with Gasteiger partial charge in [0.05, 0.1) is 23.6 Å². The van der Waals surface area contributed by atoms with Crippen molar-refractivity contribution >= 4 is 21.6 Å². The van der Waals surface area contributed by atoms with Crippen LogP contribution in [0.2, 0.25) is 0 Å². The predicted molar refractivity (Wildman–Crippen MR) is 92.9 cm³/mol. The Balaban J connectivity index is 2.04. The molecule has 0 aromatic heterocycles. The first kappa shape index (κ1) is 18.3. The minimum atomic E-state index is -3.49. The molecule has 0 bridgehead atoms. The smallest absolute Gasteiger partial charge is 0.232 e. The van der Waals surface area contributed by atoms with Gasteiger partial charge in [-0.05, 0) is 43.0 Å². The SMILES string of the molecule is CC1CCN(C(=O)CCN(c2ccc(C#N)cc2)S(C)(=O)=O)CC1. The molecule has 130 valence electrons. The van der Waals surface area contributed by atoms with E-state index in [2.05, 4.69) is 6.92 Å². The van der Waals surface area contributed by atoms with Crippen LogP contribution in [0.25, 0.3) is 0 Å². The molecule has 2 rings (SSSR count). The normalized spacial score (nSPS) is 15.8. The molecule has 1 aliphatic rings.